The zero-order valence-electron chi connectivity index (χ0n) is 20.9. The fourth-order valence-electron chi connectivity index (χ4n) is 6.01. The number of aromatic nitrogens is 2. The summed E-state index contributed by atoms with van der Waals surface area (Å²) in [6.45, 7) is 4.99. The molecule has 35 heavy (non-hydrogen) atoms. The highest BCUT2D eigenvalue weighted by atomic mass is 16.3. The van der Waals surface area contributed by atoms with E-state index in [1.54, 1.807) is 17.3 Å². The van der Waals surface area contributed by atoms with Crippen LogP contribution in [-0.2, 0) is 5.54 Å². The van der Waals surface area contributed by atoms with E-state index in [0.29, 0.717) is 19.0 Å². The van der Waals surface area contributed by atoms with Crippen molar-refractivity contribution >= 4 is 17.7 Å². The molecular formula is C26H37N7O2. The molecule has 9 nitrogen and oxygen atoms in total. The summed E-state index contributed by atoms with van der Waals surface area (Å²) < 4.78 is 0. The van der Waals surface area contributed by atoms with Crippen LogP contribution in [0.3, 0.4) is 0 Å². The second-order valence-electron chi connectivity index (χ2n) is 10.4. The van der Waals surface area contributed by atoms with Gasteiger partial charge in [-0.3, -0.25) is 14.7 Å². The van der Waals surface area contributed by atoms with Crippen molar-refractivity contribution in [2.24, 2.45) is 0 Å². The number of β-amino-alcohol motifs (C(OH)–C–C–N with tert-alkyl or cyclic N) is 1. The van der Waals surface area contributed by atoms with Crippen molar-refractivity contribution in [3.05, 3.63) is 48.3 Å². The van der Waals surface area contributed by atoms with Crippen LogP contribution in [0, 0.1) is 0 Å². The van der Waals surface area contributed by atoms with Gasteiger partial charge in [-0.25, -0.2) is 14.8 Å². The summed E-state index contributed by atoms with van der Waals surface area (Å²) in [5.74, 6) is 0.697. The minimum Gasteiger partial charge on any atom is -0.395 e. The van der Waals surface area contributed by atoms with Crippen molar-refractivity contribution < 1.29 is 9.90 Å². The predicted molar refractivity (Wildman–Crippen MR) is 137 cm³/mol. The molecule has 0 radical (unpaired) electrons. The van der Waals surface area contributed by atoms with Crippen LogP contribution in [0.1, 0.15) is 31.2 Å². The largest absolute Gasteiger partial charge is 0.395 e. The molecule has 2 aliphatic heterocycles. The molecule has 1 aromatic heterocycles. The Labute approximate surface area is 207 Å². The van der Waals surface area contributed by atoms with Crippen molar-refractivity contribution in [1.82, 2.24) is 25.1 Å². The van der Waals surface area contributed by atoms with Crippen LogP contribution in [-0.4, -0.2) is 96.4 Å². The first-order chi connectivity index (χ1) is 16.9. The lowest BCUT2D eigenvalue weighted by Gasteiger charge is -2.48. The van der Waals surface area contributed by atoms with E-state index < -0.39 is 0 Å². The third-order valence-corrected chi connectivity index (χ3v) is 8.29. The number of carbonyl (C=O) groups is 1. The number of rotatable bonds is 6. The Hall–Kier alpha value is -2.75. The number of hydrogen-bond acceptors (Lipinski definition) is 7. The molecule has 0 atom stereocenters. The Balaban J connectivity index is 1.24. The molecular weight excluding hydrogens is 442 g/mol. The van der Waals surface area contributed by atoms with Crippen LogP contribution in [0.5, 0.6) is 0 Å². The number of piperazine rings is 1. The maximum Gasteiger partial charge on any atom is 0.322 e. The molecule has 1 aliphatic carbocycles. The number of urea groups is 1. The lowest BCUT2D eigenvalue weighted by Crippen LogP contribution is -2.54. The summed E-state index contributed by atoms with van der Waals surface area (Å²) in [5.41, 5.74) is 1.88. The lowest BCUT2D eigenvalue weighted by atomic mass is 9.69. The summed E-state index contributed by atoms with van der Waals surface area (Å²) in [5, 5.41) is 12.4. The summed E-state index contributed by atoms with van der Waals surface area (Å²) in [7, 11) is 4.33. The number of benzene rings is 1. The van der Waals surface area contributed by atoms with E-state index in [0.717, 1.165) is 57.5 Å². The Kier molecular flexibility index (Phi) is 6.65. The van der Waals surface area contributed by atoms with E-state index in [4.69, 9.17) is 5.11 Å². The van der Waals surface area contributed by atoms with E-state index in [-0.39, 0.29) is 23.7 Å². The number of amides is 2. The third kappa shape index (κ3) is 4.60. The molecule has 3 fully saturated rings. The van der Waals surface area contributed by atoms with Crippen molar-refractivity contribution in [2.75, 3.05) is 69.8 Å². The molecule has 0 bridgehead atoms. The Morgan fingerprint density at radius 1 is 1.00 bits per heavy atom. The molecule has 2 aromatic rings. The van der Waals surface area contributed by atoms with Crippen molar-refractivity contribution in [3.63, 3.8) is 0 Å². The highest BCUT2D eigenvalue weighted by molar-refractivity contribution is 5.95. The predicted octanol–water partition coefficient (Wildman–Crippen LogP) is 1.89. The number of hydrogen-bond donors (Lipinski definition) is 2. The van der Waals surface area contributed by atoms with Crippen molar-refractivity contribution in [2.45, 2.75) is 36.8 Å². The second-order valence-corrected chi connectivity index (χ2v) is 10.4. The summed E-state index contributed by atoms with van der Waals surface area (Å²) >= 11 is 0. The Bertz CT molecular complexity index is 998. The van der Waals surface area contributed by atoms with Gasteiger partial charge in [-0.2, -0.15) is 0 Å². The van der Waals surface area contributed by atoms with Gasteiger partial charge in [0.25, 0.3) is 0 Å². The highest BCUT2D eigenvalue weighted by Gasteiger charge is 2.50. The third-order valence-electron chi connectivity index (χ3n) is 8.29. The summed E-state index contributed by atoms with van der Waals surface area (Å²) in [6.07, 6.45) is 7.40. The van der Waals surface area contributed by atoms with Gasteiger partial charge in [-0.05, 0) is 45.3 Å². The van der Waals surface area contributed by atoms with E-state index in [1.807, 2.05) is 0 Å². The Morgan fingerprint density at radius 3 is 2.26 bits per heavy atom. The van der Waals surface area contributed by atoms with Crippen molar-refractivity contribution in [1.29, 1.82) is 0 Å². The van der Waals surface area contributed by atoms with Crippen molar-refractivity contribution in [3.8, 4) is 0 Å². The van der Waals surface area contributed by atoms with E-state index >= 15 is 0 Å². The molecule has 1 saturated carbocycles. The molecule has 188 valence electrons. The van der Waals surface area contributed by atoms with Crippen LogP contribution in [0.4, 0.5) is 16.4 Å². The number of nitrogens with one attached hydrogen (secondary N) is 1. The van der Waals surface area contributed by atoms with Gasteiger partial charge in [0.2, 0.25) is 5.95 Å². The molecule has 1 spiro atoms. The van der Waals surface area contributed by atoms with Gasteiger partial charge >= 0.3 is 6.03 Å². The smallest absolute Gasteiger partial charge is 0.322 e. The first kappa shape index (κ1) is 24.0. The highest BCUT2D eigenvalue weighted by Crippen LogP contribution is 2.46. The van der Waals surface area contributed by atoms with Crippen LogP contribution < -0.4 is 15.1 Å². The number of nitrogens with zero attached hydrogens (tertiary/aromatic N) is 6. The van der Waals surface area contributed by atoms with Gasteiger partial charge in [0.15, 0.2) is 0 Å². The zero-order chi connectivity index (χ0) is 24.5. The molecule has 3 heterocycles. The summed E-state index contributed by atoms with van der Waals surface area (Å²) in [4.78, 5) is 30.7. The zero-order valence-corrected chi connectivity index (χ0v) is 20.9. The summed E-state index contributed by atoms with van der Waals surface area (Å²) in [6, 6.07) is 10.7. The van der Waals surface area contributed by atoms with Crippen LogP contribution in [0.2, 0.25) is 0 Å². The fourth-order valence-corrected chi connectivity index (χ4v) is 6.01. The molecule has 9 heteroatoms. The van der Waals surface area contributed by atoms with E-state index in [9.17, 15) is 4.79 Å². The molecule has 2 saturated heterocycles. The van der Waals surface area contributed by atoms with Gasteiger partial charge in [-0.15, -0.1) is 0 Å². The molecule has 5 rings (SSSR count). The Morgan fingerprint density at radius 2 is 1.66 bits per heavy atom. The lowest BCUT2D eigenvalue weighted by molar-refractivity contribution is 0.0658. The molecule has 1 aromatic carbocycles. The number of aliphatic hydroxyl groups excluding tert-OH is 1. The van der Waals surface area contributed by atoms with Gasteiger partial charge < -0.3 is 15.3 Å². The first-order valence-electron chi connectivity index (χ1n) is 12.7. The van der Waals surface area contributed by atoms with Gasteiger partial charge in [-0.1, -0.05) is 30.3 Å². The van der Waals surface area contributed by atoms with Gasteiger partial charge in [0, 0.05) is 38.3 Å². The van der Waals surface area contributed by atoms with E-state index in [1.165, 1.54) is 5.56 Å². The van der Waals surface area contributed by atoms with Gasteiger partial charge in [0.05, 0.1) is 36.8 Å². The SMILES string of the molecule is CN(C)C1(c2ccccc2)CCC2(CC1)CN(c1cnc(N3CCN(CCO)CC3)nc1)C(=O)N2. The van der Waals surface area contributed by atoms with E-state index in [2.05, 4.69) is 74.4 Å². The minimum absolute atomic E-state index is 0.00336. The topological polar surface area (TPSA) is 88.1 Å². The van der Waals surface area contributed by atoms with Crippen LogP contribution in [0.15, 0.2) is 42.7 Å². The number of anilines is 2. The molecule has 2 amide bonds. The quantitative estimate of drug-likeness (QED) is 0.654. The average molecular weight is 480 g/mol. The second kappa shape index (κ2) is 9.72. The molecule has 2 N–H and O–H groups in total. The normalized spacial score (nSPS) is 27.6. The van der Waals surface area contributed by atoms with Crippen LogP contribution in [0.25, 0.3) is 0 Å². The van der Waals surface area contributed by atoms with Gasteiger partial charge in [0.1, 0.15) is 0 Å². The maximum atomic E-state index is 13.0. The van der Waals surface area contributed by atoms with Crippen LogP contribution >= 0.6 is 0 Å². The number of carbonyl (C=O) groups excluding carboxylic acids is 1. The first-order valence-corrected chi connectivity index (χ1v) is 12.7. The monoisotopic (exact) mass is 479 g/mol. The molecule has 0 unspecified atom stereocenters. The number of aliphatic hydroxyl groups is 1. The standard InChI is InChI=1S/C26H37N7O2/c1-30(2)26(21-6-4-3-5-7-21)10-8-25(9-11-26)20-33(24(35)29-25)22-18-27-23(28-19-22)32-14-12-31(13-15-32)16-17-34/h3-7,18-19,34H,8-17,20H2,1-2H3,(H,29,35). The fraction of sp³-hybridized carbons (Fsp3) is 0.577. The minimum atomic E-state index is -0.215. The molecule has 3 aliphatic rings. The maximum absolute atomic E-state index is 13.0. The average Bonchev–Trinajstić information content (AvgIpc) is 3.21.